The second-order valence-corrected chi connectivity index (χ2v) is 7.15. The van der Waals surface area contributed by atoms with E-state index in [1.54, 1.807) is 42.5 Å². The number of nitrogens with one attached hydrogen (secondary N) is 1. The Morgan fingerprint density at radius 1 is 0.963 bits per heavy atom. The number of ether oxygens (including phenoxy) is 1. The van der Waals surface area contributed by atoms with Gasteiger partial charge in [0.1, 0.15) is 5.75 Å². The second kappa shape index (κ2) is 10.8. The molecule has 27 heavy (non-hydrogen) atoms. The Hall–Kier alpha value is -2.28. The van der Waals surface area contributed by atoms with Crippen molar-refractivity contribution < 1.29 is 13.2 Å². The fraction of sp³-hybridized carbons (Fsp3) is 0.158. The second-order valence-electron chi connectivity index (χ2n) is 5.43. The molecule has 5 nitrogen and oxygen atoms in total. The van der Waals surface area contributed by atoms with E-state index >= 15 is 0 Å². The minimum absolute atomic E-state index is 0.137. The summed E-state index contributed by atoms with van der Waals surface area (Å²) in [5, 5.41) is 3.54. The van der Waals surface area contributed by atoms with Gasteiger partial charge in [-0.2, -0.15) is 8.42 Å². The Balaban J connectivity index is 0.000000273. The molecule has 0 aliphatic rings. The molecule has 3 aromatic rings. The third kappa shape index (κ3) is 7.86. The molecule has 3 rings (SSSR count). The Bertz CT molecular complexity index is 1050. The van der Waals surface area contributed by atoms with Gasteiger partial charge in [-0.05, 0) is 61.4 Å². The molecule has 2 aromatic carbocycles. The zero-order chi connectivity index (χ0) is 19.6. The molecule has 1 aromatic heterocycles. The lowest BCUT2D eigenvalue weighted by atomic mass is 10.2. The number of pyridine rings is 1. The first kappa shape index (κ1) is 21.0. The number of benzene rings is 2. The number of fused-ring (bicyclic) bond motifs is 1. The lowest BCUT2D eigenvalue weighted by Crippen LogP contribution is -2.02. The van der Waals surface area contributed by atoms with Gasteiger partial charge in [-0.15, -0.1) is 0 Å². The molecule has 0 aliphatic carbocycles. The Morgan fingerprint density at radius 2 is 1.63 bits per heavy atom. The summed E-state index contributed by atoms with van der Waals surface area (Å²) >= 11 is 11.1. The molecule has 0 saturated carbocycles. The van der Waals surface area contributed by atoms with Gasteiger partial charge in [0.15, 0.2) is 0 Å². The third-order valence-corrected chi connectivity index (χ3v) is 4.38. The molecule has 0 atom stereocenters. The lowest BCUT2D eigenvalue weighted by molar-refractivity contribution is 0.314. The van der Waals surface area contributed by atoms with Crippen molar-refractivity contribution in [2.24, 2.45) is 0 Å². The fourth-order valence-corrected chi connectivity index (χ4v) is 2.72. The molecule has 0 spiro atoms. The molecule has 0 saturated heterocycles. The quantitative estimate of drug-likeness (QED) is 0.486. The number of unbranched alkanes of at least 4 members (excludes halogenated alkanes) is 1. The van der Waals surface area contributed by atoms with E-state index in [0.29, 0.717) is 25.2 Å². The molecule has 0 aliphatic heterocycles. The average molecular weight is 426 g/mol. The normalized spacial score (nSPS) is 10.0. The number of H-pyrrole nitrogens is 1. The smallest absolute Gasteiger partial charge is 0.248 e. The van der Waals surface area contributed by atoms with Gasteiger partial charge in [0.2, 0.25) is 15.9 Å². The van der Waals surface area contributed by atoms with Crippen molar-refractivity contribution in [1.82, 2.24) is 4.98 Å². The van der Waals surface area contributed by atoms with E-state index in [0.717, 1.165) is 20.9 Å². The molecule has 0 unspecified atom stereocenters. The first-order valence-electron chi connectivity index (χ1n) is 8.02. The van der Waals surface area contributed by atoms with Gasteiger partial charge in [0, 0.05) is 32.4 Å². The molecule has 0 amide bonds. The van der Waals surface area contributed by atoms with Crippen molar-refractivity contribution in [2.75, 3.05) is 6.61 Å². The zero-order valence-corrected chi connectivity index (χ0v) is 16.5. The number of hydrogen-bond donors (Lipinski definition) is 1. The van der Waals surface area contributed by atoms with Crippen molar-refractivity contribution in [3.8, 4) is 5.75 Å². The highest BCUT2D eigenvalue weighted by Crippen LogP contribution is 2.18. The predicted octanol–water partition coefficient (Wildman–Crippen LogP) is 4.36. The van der Waals surface area contributed by atoms with Crippen LogP contribution < -0.4 is 10.3 Å². The number of rotatable bonds is 5. The fourth-order valence-electron chi connectivity index (χ4n) is 2.10. The van der Waals surface area contributed by atoms with Gasteiger partial charge in [0.05, 0.1) is 6.61 Å². The van der Waals surface area contributed by atoms with Gasteiger partial charge >= 0.3 is 0 Å². The first-order valence-corrected chi connectivity index (χ1v) is 9.92. The summed E-state index contributed by atoms with van der Waals surface area (Å²) in [7, 11) is -2.10. The number of halogens is 2. The topological polar surface area (TPSA) is 76.2 Å². The maximum Gasteiger partial charge on any atom is 0.248 e. The monoisotopic (exact) mass is 425 g/mol. The largest absolute Gasteiger partial charge is 0.494 e. The summed E-state index contributed by atoms with van der Waals surface area (Å²) in [6, 6.07) is 15.6. The van der Waals surface area contributed by atoms with E-state index in [9.17, 15) is 13.2 Å². The van der Waals surface area contributed by atoms with Gasteiger partial charge < -0.3 is 9.72 Å². The van der Waals surface area contributed by atoms with Crippen molar-refractivity contribution in [3.05, 3.63) is 75.0 Å². The van der Waals surface area contributed by atoms with Crippen molar-refractivity contribution >= 4 is 49.8 Å². The van der Waals surface area contributed by atoms with Crippen LogP contribution in [0.1, 0.15) is 12.8 Å². The van der Waals surface area contributed by atoms with Gasteiger partial charge in [-0.3, -0.25) is 4.79 Å². The van der Waals surface area contributed by atoms with Crippen LogP contribution in [0.2, 0.25) is 10.0 Å². The molecule has 0 radical (unpaired) electrons. The predicted molar refractivity (Wildman–Crippen MR) is 111 cm³/mol. The highest BCUT2D eigenvalue weighted by atomic mass is 35.5. The number of aromatic nitrogens is 1. The average Bonchev–Trinajstić information content (AvgIpc) is 2.64. The van der Waals surface area contributed by atoms with Crippen LogP contribution in [-0.2, 0) is 10.3 Å². The van der Waals surface area contributed by atoms with E-state index in [-0.39, 0.29) is 5.56 Å². The number of hydrogen-bond acceptors (Lipinski definition) is 4. The van der Waals surface area contributed by atoms with Crippen LogP contribution in [-0.4, -0.2) is 25.4 Å². The van der Waals surface area contributed by atoms with E-state index in [4.69, 9.17) is 27.9 Å². The highest BCUT2D eigenvalue weighted by molar-refractivity contribution is 7.71. The van der Waals surface area contributed by atoms with Crippen molar-refractivity contribution in [1.29, 1.82) is 0 Å². The van der Waals surface area contributed by atoms with E-state index in [2.05, 4.69) is 4.98 Å². The SMILES string of the molecule is Clc1ccc(Cl)cc1.O=c1ccc2cc(OCCCC=S(=O)=O)ccc2[nH]1. The Morgan fingerprint density at radius 3 is 2.26 bits per heavy atom. The van der Waals surface area contributed by atoms with Crippen molar-refractivity contribution in [3.63, 3.8) is 0 Å². The first-order chi connectivity index (χ1) is 12.9. The summed E-state index contributed by atoms with van der Waals surface area (Å²) < 4.78 is 26.1. The van der Waals surface area contributed by atoms with Crippen LogP contribution in [0.3, 0.4) is 0 Å². The summed E-state index contributed by atoms with van der Waals surface area (Å²) in [4.78, 5) is 13.8. The van der Waals surface area contributed by atoms with Crippen LogP contribution in [0.5, 0.6) is 5.75 Å². The lowest BCUT2D eigenvalue weighted by Gasteiger charge is -2.06. The number of aromatic amines is 1. The minimum atomic E-state index is -2.10. The van der Waals surface area contributed by atoms with Crippen molar-refractivity contribution in [2.45, 2.75) is 12.8 Å². The summed E-state index contributed by atoms with van der Waals surface area (Å²) in [5.74, 6) is 0.697. The van der Waals surface area contributed by atoms with E-state index in [1.807, 2.05) is 6.07 Å². The zero-order valence-electron chi connectivity index (χ0n) is 14.2. The molecular weight excluding hydrogens is 409 g/mol. The highest BCUT2D eigenvalue weighted by Gasteiger charge is 1.98. The Kier molecular flexibility index (Phi) is 8.39. The summed E-state index contributed by atoms with van der Waals surface area (Å²) in [6.07, 6.45) is 1.11. The maximum atomic E-state index is 11.1. The molecule has 8 heteroatoms. The summed E-state index contributed by atoms with van der Waals surface area (Å²) in [6.45, 7) is 0.447. The molecule has 0 bridgehead atoms. The Labute approximate surface area is 168 Å². The molecule has 1 N–H and O–H groups in total. The standard InChI is InChI=1S/C13H13NO4S.C6H4Cl2/c15-13-6-3-10-9-11(4-5-12(10)14-13)18-7-1-2-8-19(16)17;7-5-1-2-6(8)4-3-5/h3-6,8-9H,1-2,7H2,(H,14,15);1-4H. The van der Waals surface area contributed by atoms with Gasteiger partial charge in [-0.1, -0.05) is 23.2 Å². The van der Waals surface area contributed by atoms with Crippen LogP contribution >= 0.6 is 23.2 Å². The molecular formula is C19H17Cl2NO4S. The molecule has 1 heterocycles. The van der Waals surface area contributed by atoms with Gasteiger partial charge in [-0.25, -0.2) is 0 Å². The maximum absolute atomic E-state index is 11.1. The van der Waals surface area contributed by atoms with Crippen LogP contribution in [0.15, 0.2) is 59.4 Å². The van der Waals surface area contributed by atoms with Gasteiger partial charge in [0.25, 0.3) is 0 Å². The van der Waals surface area contributed by atoms with Crippen LogP contribution in [0.4, 0.5) is 0 Å². The third-order valence-electron chi connectivity index (χ3n) is 3.37. The minimum Gasteiger partial charge on any atom is -0.494 e. The molecule has 142 valence electrons. The molecule has 0 fully saturated rings. The van der Waals surface area contributed by atoms with Crippen LogP contribution in [0.25, 0.3) is 10.9 Å². The van der Waals surface area contributed by atoms with E-state index in [1.165, 1.54) is 11.4 Å². The van der Waals surface area contributed by atoms with E-state index < -0.39 is 10.3 Å². The summed E-state index contributed by atoms with van der Waals surface area (Å²) in [5.41, 5.74) is 0.622. The van der Waals surface area contributed by atoms with Crippen LogP contribution in [0, 0.1) is 0 Å².